The summed E-state index contributed by atoms with van der Waals surface area (Å²) in [6, 6.07) is 2.91. The van der Waals surface area contributed by atoms with Crippen LogP contribution in [-0.4, -0.2) is 17.6 Å². The molecule has 1 aliphatic carbocycles. The van der Waals surface area contributed by atoms with Crippen molar-refractivity contribution in [1.29, 1.82) is 0 Å². The highest BCUT2D eigenvalue weighted by Crippen LogP contribution is 2.44. The Labute approximate surface area is 152 Å². The zero-order valence-electron chi connectivity index (χ0n) is 13.7. The Hall–Kier alpha value is -2.81. The summed E-state index contributed by atoms with van der Waals surface area (Å²) in [4.78, 5) is 25.0. The normalized spacial score (nSPS) is 20.0. The number of ether oxygens (including phenoxy) is 2. The van der Waals surface area contributed by atoms with Crippen molar-refractivity contribution in [2.45, 2.75) is 31.8 Å². The Balaban J connectivity index is 1.57. The van der Waals surface area contributed by atoms with Crippen LogP contribution in [0, 0.1) is 10.1 Å². The molecule has 0 bridgehead atoms. The summed E-state index contributed by atoms with van der Waals surface area (Å²) in [6.07, 6.45) is 3.41. The molecule has 2 aliphatic heterocycles. The van der Waals surface area contributed by atoms with E-state index >= 15 is 0 Å². The van der Waals surface area contributed by atoms with E-state index < -0.39 is 11.1 Å². The number of carbonyl (C=O) groups is 1. The predicted molar refractivity (Wildman–Crippen MR) is 94.0 cm³/mol. The van der Waals surface area contributed by atoms with Crippen LogP contribution < -0.4 is 20.1 Å². The molecule has 26 heavy (non-hydrogen) atoms. The van der Waals surface area contributed by atoms with Crippen molar-refractivity contribution < 1.29 is 19.2 Å². The van der Waals surface area contributed by atoms with E-state index in [0.29, 0.717) is 22.6 Å². The number of anilines is 1. The fourth-order valence-corrected chi connectivity index (χ4v) is 5.08. The number of thiophene rings is 1. The van der Waals surface area contributed by atoms with Crippen LogP contribution in [-0.2, 0) is 12.8 Å². The molecule has 1 unspecified atom stereocenters. The number of rotatable bonds is 2. The lowest BCUT2D eigenvalue weighted by Gasteiger charge is -2.26. The van der Waals surface area contributed by atoms with Gasteiger partial charge in [0.2, 0.25) is 6.79 Å². The van der Waals surface area contributed by atoms with E-state index in [-0.39, 0.29) is 18.4 Å². The highest BCUT2D eigenvalue weighted by atomic mass is 32.1. The molecule has 0 fully saturated rings. The molecule has 0 saturated carbocycles. The van der Waals surface area contributed by atoms with Gasteiger partial charge in [-0.25, -0.2) is 0 Å². The van der Waals surface area contributed by atoms with Crippen LogP contribution in [0.5, 0.6) is 11.5 Å². The van der Waals surface area contributed by atoms with Gasteiger partial charge in [-0.15, -0.1) is 11.3 Å². The van der Waals surface area contributed by atoms with E-state index in [0.717, 1.165) is 36.2 Å². The molecule has 0 radical (unpaired) electrons. The number of nitrogens with zero attached hydrogens (tertiary/aromatic N) is 1. The smallest absolute Gasteiger partial charge is 0.280 e. The third-order valence-electron chi connectivity index (χ3n) is 4.98. The van der Waals surface area contributed by atoms with Crippen molar-refractivity contribution >= 4 is 27.9 Å². The number of fused-ring (bicyclic) bond motifs is 4. The lowest BCUT2D eigenvalue weighted by molar-refractivity contribution is -0.385. The maximum absolute atomic E-state index is 12.7. The molecule has 5 rings (SSSR count). The lowest BCUT2D eigenvalue weighted by Crippen LogP contribution is -2.38. The molecule has 2 aromatic rings. The van der Waals surface area contributed by atoms with Gasteiger partial charge in [-0.3, -0.25) is 14.9 Å². The summed E-state index contributed by atoms with van der Waals surface area (Å²) in [5.74, 6) is 0.600. The summed E-state index contributed by atoms with van der Waals surface area (Å²) in [7, 11) is 0. The molecule has 3 aliphatic rings. The molecule has 1 amide bonds. The molecule has 1 aromatic carbocycles. The zero-order chi connectivity index (χ0) is 17.8. The quantitative estimate of drug-likeness (QED) is 0.619. The first-order valence-electron chi connectivity index (χ1n) is 8.41. The minimum Gasteiger partial charge on any atom is -0.454 e. The molecule has 134 valence electrons. The molecule has 8 nitrogen and oxygen atoms in total. The SMILES string of the molecule is O=C1NC(c2cc3c(cc2[N+](=O)[O-])OCO3)Nc2sc3c(c21)CCCC3. The summed E-state index contributed by atoms with van der Waals surface area (Å²) in [5, 5.41) is 18.5. The topological polar surface area (TPSA) is 103 Å². The van der Waals surface area contributed by atoms with E-state index in [9.17, 15) is 14.9 Å². The van der Waals surface area contributed by atoms with E-state index in [4.69, 9.17) is 9.47 Å². The zero-order valence-corrected chi connectivity index (χ0v) is 14.5. The molecule has 0 saturated heterocycles. The van der Waals surface area contributed by atoms with Crippen LogP contribution in [0.25, 0.3) is 0 Å². The Kier molecular flexibility index (Phi) is 3.33. The number of hydrogen-bond donors (Lipinski definition) is 2. The number of nitro benzene ring substituents is 1. The minimum absolute atomic E-state index is 0.0299. The van der Waals surface area contributed by atoms with Gasteiger partial charge in [-0.1, -0.05) is 0 Å². The predicted octanol–water partition coefficient (Wildman–Crippen LogP) is 3.12. The first kappa shape index (κ1) is 15.4. The molecular formula is C17H15N3O5S. The maximum atomic E-state index is 12.7. The molecular weight excluding hydrogens is 358 g/mol. The fourth-order valence-electron chi connectivity index (χ4n) is 3.77. The summed E-state index contributed by atoms with van der Waals surface area (Å²) in [5.41, 5.74) is 2.06. The van der Waals surface area contributed by atoms with Gasteiger partial charge in [0.05, 0.1) is 22.1 Å². The number of hydrogen-bond acceptors (Lipinski definition) is 7. The average molecular weight is 373 g/mol. The molecule has 3 heterocycles. The van der Waals surface area contributed by atoms with Crippen LogP contribution >= 0.6 is 11.3 Å². The van der Waals surface area contributed by atoms with Gasteiger partial charge in [0, 0.05) is 4.88 Å². The van der Waals surface area contributed by atoms with Crippen LogP contribution in [0.1, 0.15) is 45.4 Å². The van der Waals surface area contributed by atoms with Crippen molar-refractivity contribution in [2.75, 3.05) is 12.1 Å². The van der Waals surface area contributed by atoms with Crippen molar-refractivity contribution in [1.82, 2.24) is 5.32 Å². The van der Waals surface area contributed by atoms with Crippen molar-refractivity contribution in [3.8, 4) is 11.5 Å². The number of aryl methyl sites for hydroxylation is 1. The van der Waals surface area contributed by atoms with E-state index in [2.05, 4.69) is 10.6 Å². The van der Waals surface area contributed by atoms with Crippen LogP contribution in [0.3, 0.4) is 0 Å². The summed E-state index contributed by atoms with van der Waals surface area (Å²) >= 11 is 1.58. The summed E-state index contributed by atoms with van der Waals surface area (Å²) in [6.45, 7) is 0.0299. The van der Waals surface area contributed by atoms with Crippen LogP contribution in [0.2, 0.25) is 0 Å². The second-order valence-electron chi connectivity index (χ2n) is 6.49. The van der Waals surface area contributed by atoms with Gasteiger partial charge in [0.1, 0.15) is 11.2 Å². The van der Waals surface area contributed by atoms with Gasteiger partial charge >= 0.3 is 0 Å². The third kappa shape index (κ3) is 2.23. The van der Waals surface area contributed by atoms with E-state index in [1.165, 1.54) is 10.9 Å². The fraction of sp³-hybridized carbons (Fsp3) is 0.353. The molecule has 1 atom stereocenters. The van der Waals surface area contributed by atoms with Crippen molar-refractivity contribution in [2.24, 2.45) is 0 Å². The molecule has 9 heteroatoms. The Morgan fingerprint density at radius 3 is 2.73 bits per heavy atom. The number of amides is 1. The highest BCUT2D eigenvalue weighted by Gasteiger charge is 2.36. The number of benzene rings is 1. The second kappa shape index (κ2) is 5.60. The monoisotopic (exact) mass is 373 g/mol. The third-order valence-corrected chi connectivity index (χ3v) is 6.20. The summed E-state index contributed by atoms with van der Waals surface area (Å²) < 4.78 is 10.6. The van der Waals surface area contributed by atoms with Gasteiger partial charge in [0.25, 0.3) is 11.6 Å². The van der Waals surface area contributed by atoms with Crippen LogP contribution in [0.15, 0.2) is 12.1 Å². The Bertz CT molecular complexity index is 954. The largest absolute Gasteiger partial charge is 0.454 e. The first-order chi connectivity index (χ1) is 12.6. The van der Waals surface area contributed by atoms with Crippen molar-refractivity contribution in [3.05, 3.63) is 43.8 Å². The van der Waals surface area contributed by atoms with Crippen LogP contribution in [0.4, 0.5) is 10.7 Å². The number of carbonyl (C=O) groups excluding carboxylic acids is 1. The highest BCUT2D eigenvalue weighted by molar-refractivity contribution is 7.16. The molecule has 2 N–H and O–H groups in total. The van der Waals surface area contributed by atoms with E-state index in [1.54, 1.807) is 17.4 Å². The van der Waals surface area contributed by atoms with Gasteiger partial charge < -0.3 is 20.1 Å². The van der Waals surface area contributed by atoms with Crippen molar-refractivity contribution in [3.63, 3.8) is 0 Å². The second-order valence-corrected chi connectivity index (χ2v) is 7.59. The van der Waals surface area contributed by atoms with E-state index in [1.807, 2.05) is 0 Å². The maximum Gasteiger partial charge on any atom is 0.280 e. The minimum atomic E-state index is -0.690. The van der Waals surface area contributed by atoms with Gasteiger partial charge in [-0.2, -0.15) is 0 Å². The Morgan fingerprint density at radius 1 is 1.15 bits per heavy atom. The molecule has 1 aromatic heterocycles. The average Bonchev–Trinajstić information content (AvgIpc) is 3.23. The first-order valence-corrected chi connectivity index (χ1v) is 9.23. The van der Waals surface area contributed by atoms with Gasteiger partial charge in [-0.05, 0) is 37.3 Å². The Morgan fingerprint density at radius 2 is 1.92 bits per heavy atom. The number of nitrogens with one attached hydrogen (secondary N) is 2. The molecule has 0 spiro atoms. The lowest BCUT2D eigenvalue weighted by atomic mass is 9.94. The number of nitro groups is 1. The standard InChI is InChI=1S/C17H15N3O5S/c21-16-14-8-3-1-2-4-13(8)26-17(14)19-15(18-16)9-5-11-12(25-7-24-11)6-10(9)20(22)23/h5-6,15,19H,1-4,7H2,(H,18,21). The van der Waals surface area contributed by atoms with Gasteiger partial charge in [0.15, 0.2) is 11.5 Å².